The number of benzene rings is 2. The fourth-order valence-corrected chi connectivity index (χ4v) is 5.28. The van der Waals surface area contributed by atoms with Crippen LogP contribution in [0.25, 0.3) is 11.8 Å². The standard InChI is InChI=1S/C28H27BrN2O4S/c1-6-35-28(33)25-26(32)24(36-27(25)30-20-7-10-22(34-5)11-8-20)15-19-14-17(3)31(18(19)4)21-9-12-23(29)16(2)13-21/h7-15,32H,6H2,1-5H3. The maximum Gasteiger partial charge on any atom is 0.344 e. The van der Waals surface area contributed by atoms with Gasteiger partial charge in [0.1, 0.15) is 22.1 Å². The number of hydrogen-bond donors (Lipinski definition) is 1. The Kier molecular flexibility index (Phi) is 7.76. The quantitative estimate of drug-likeness (QED) is 0.315. The Balaban J connectivity index is 1.76. The fraction of sp³-hybridized carbons (Fsp3) is 0.214. The van der Waals surface area contributed by atoms with Gasteiger partial charge in [-0.2, -0.15) is 0 Å². The van der Waals surface area contributed by atoms with Gasteiger partial charge in [-0.3, -0.25) is 0 Å². The van der Waals surface area contributed by atoms with Crippen molar-refractivity contribution in [3.63, 3.8) is 0 Å². The monoisotopic (exact) mass is 566 g/mol. The van der Waals surface area contributed by atoms with Crippen LogP contribution in [0.4, 0.5) is 5.69 Å². The topological polar surface area (TPSA) is 73.0 Å². The van der Waals surface area contributed by atoms with Gasteiger partial charge in [-0.1, -0.05) is 27.7 Å². The van der Waals surface area contributed by atoms with Crippen molar-refractivity contribution in [2.75, 3.05) is 13.7 Å². The van der Waals surface area contributed by atoms with E-state index in [1.807, 2.05) is 26.0 Å². The van der Waals surface area contributed by atoms with Gasteiger partial charge in [-0.25, -0.2) is 9.79 Å². The normalized spacial score (nSPS) is 15.7. The molecule has 1 N–H and O–H groups in total. The third-order valence-corrected chi connectivity index (χ3v) is 7.74. The molecule has 0 fully saturated rings. The summed E-state index contributed by atoms with van der Waals surface area (Å²) in [6.45, 7) is 8.07. The van der Waals surface area contributed by atoms with Crippen molar-refractivity contribution in [3.8, 4) is 11.4 Å². The summed E-state index contributed by atoms with van der Waals surface area (Å²) in [6, 6.07) is 15.5. The van der Waals surface area contributed by atoms with E-state index < -0.39 is 5.97 Å². The number of halogens is 1. The van der Waals surface area contributed by atoms with Crippen LogP contribution >= 0.6 is 27.7 Å². The number of aryl methyl sites for hydroxylation is 2. The van der Waals surface area contributed by atoms with Crippen molar-refractivity contribution >= 4 is 50.5 Å². The van der Waals surface area contributed by atoms with Gasteiger partial charge >= 0.3 is 5.97 Å². The number of esters is 1. The van der Waals surface area contributed by atoms with Crippen LogP contribution in [0.2, 0.25) is 0 Å². The van der Waals surface area contributed by atoms with Gasteiger partial charge in [-0.05, 0) is 93.4 Å². The third-order valence-electron chi connectivity index (χ3n) is 5.83. The number of rotatable bonds is 6. The van der Waals surface area contributed by atoms with E-state index in [2.05, 4.69) is 50.6 Å². The highest BCUT2D eigenvalue weighted by Gasteiger charge is 2.33. The average molecular weight is 568 g/mol. The first-order valence-corrected chi connectivity index (χ1v) is 13.0. The van der Waals surface area contributed by atoms with Gasteiger partial charge in [0, 0.05) is 21.5 Å². The molecule has 0 spiro atoms. The predicted molar refractivity (Wildman–Crippen MR) is 150 cm³/mol. The SMILES string of the molecule is CCOC(=O)C1=C(O)C(=Cc2cc(C)n(-c3ccc(Br)c(C)c3)c2C)SC1=Nc1ccc(OC)cc1. The number of aliphatic imine (C=N–C) groups is 1. The maximum absolute atomic E-state index is 12.7. The Bertz CT molecular complexity index is 1420. The van der Waals surface area contributed by atoms with Crippen molar-refractivity contribution in [2.24, 2.45) is 4.99 Å². The average Bonchev–Trinajstić information content (AvgIpc) is 3.31. The summed E-state index contributed by atoms with van der Waals surface area (Å²) in [5.41, 5.74) is 5.93. The van der Waals surface area contributed by atoms with Gasteiger partial charge in [0.2, 0.25) is 0 Å². The molecule has 3 aromatic rings. The first-order chi connectivity index (χ1) is 17.2. The van der Waals surface area contributed by atoms with Crippen LogP contribution < -0.4 is 4.74 Å². The second-order valence-electron chi connectivity index (χ2n) is 8.27. The number of aromatic nitrogens is 1. The zero-order chi connectivity index (χ0) is 26.0. The lowest BCUT2D eigenvalue weighted by Crippen LogP contribution is -2.12. The van der Waals surface area contributed by atoms with Crippen LogP contribution in [-0.2, 0) is 9.53 Å². The van der Waals surface area contributed by atoms with Crippen LogP contribution in [0.1, 0.15) is 29.4 Å². The number of carbonyl (C=O) groups is 1. The molecule has 2 aromatic carbocycles. The second kappa shape index (κ2) is 10.8. The van der Waals surface area contributed by atoms with Gasteiger partial charge in [-0.15, -0.1) is 0 Å². The summed E-state index contributed by atoms with van der Waals surface area (Å²) in [5, 5.41) is 11.5. The maximum atomic E-state index is 12.7. The summed E-state index contributed by atoms with van der Waals surface area (Å²) in [5.74, 6) is -0.0251. The number of carbonyl (C=O) groups excluding carboxylic acids is 1. The molecule has 0 saturated carbocycles. The number of aliphatic hydroxyl groups excluding tert-OH is 1. The smallest absolute Gasteiger partial charge is 0.344 e. The van der Waals surface area contributed by atoms with E-state index in [0.29, 0.717) is 21.4 Å². The zero-order valence-electron chi connectivity index (χ0n) is 20.8. The molecular formula is C28H27BrN2O4S. The molecule has 1 aromatic heterocycles. The molecule has 0 unspecified atom stereocenters. The fourth-order valence-electron chi connectivity index (χ4n) is 4.01. The van der Waals surface area contributed by atoms with E-state index in [0.717, 1.165) is 32.7 Å². The number of hydrogen-bond acceptors (Lipinski definition) is 6. The Morgan fingerprint density at radius 1 is 1.14 bits per heavy atom. The molecule has 0 radical (unpaired) electrons. The zero-order valence-corrected chi connectivity index (χ0v) is 23.2. The Labute approximate surface area is 223 Å². The first kappa shape index (κ1) is 25.9. The molecule has 4 rings (SSSR count). The Morgan fingerprint density at radius 3 is 2.50 bits per heavy atom. The number of thioether (sulfide) groups is 1. The number of aliphatic hydroxyl groups is 1. The molecule has 0 bridgehead atoms. The summed E-state index contributed by atoms with van der Waals surface area (Å²) >= 11 is 4.81. The van der Waals surface area contributed by atoms with Crippen molar-refractivity contribution in [1.29, 1.82) is 0 Å². The van der Waals surface area contributed by atoms with E-state index in [4.69, 9.17) is 9.47 Å². The van der Waals surface area contributed by atoms with Gasteiger partial charge < -0.3 is 19.1 Å². The number of ether oxygens (including phenoxy) is 2. The predicted octanol–water partition coefficient (Wildman–Crippen LogP) is 7.37. The molecule has 8 heteroatoms. The Hall–Kier alpha value is -3.23. The van der Waals surface area contributed by atoms with Crippen molar-refractivity contribution < 1.29 is 19.4 Å². The van der Waals surface area contributed by atoms with E-state index in [1.165, 1.54) is 11.8 Å². The highest BCUT2D eigenvalue weighted by atomic mass is 79.9. The third kappa shape index (κ3) is 5.15. The van der Waals surface area contributed by atoms with Crippen molar-refractivity contribution in [1.82, 2.24) is 4.57 Å². The summed E-state index contributed by atoms with van der Waals surface area (Å²) in [6.07, 6.45) is 1.89. The highest BCUT2D eigenvalue weighted by molar-refractivity contribution is 9.10. The molecule has 1 aliphatic heterocycles. The second-order valence-corrected chi connectivity index (χ2v) is 10.2. The lowest BCUT2D eigenvalue weighted by atomic mass is 10.1. The molecule has 0 aliphatic carbocycles. The lowest BCUT2D eigenvalue weighted by Gasteiger charge is -2.11. The molecular weight excluding hydrogens is 540 g/mol. The first-order valence-electron chi connectivity index (χ1n) is 11.4. The van der Waals surface area contributed by atoms with Crippen LogP contribution in [0, 0.1) is 20.8 Å². The number of nitrogens with zero attached hydrogens (tertiary/aromatic N) is 2. The van der Waals surface area contributed by atoms with E-state index in [1.54, 1.807) is 38.3 Å². The molecule has 0 amide bonds. The Morgan fingerprint density at radius 2 is 1.86 bits per heavy atom. The van der Waals surface area contributed by atoms with Crippen molar-refractivity contribution in [3.05, 3.63) is 91.8 Å². The minimum atomic E-state index is -0.603. The molecule has 1 aliphatic rings. The van der Waals surface area contributed by atoms with Gasteiger partial charge in [0.05, 0.1) is 24.3 Å². The molecule has 0 atom stereocenters. The van der Waals surface area contributed by atoms with Crippen LogP contribution in [0.3, 0.4) is 0 Å². The van der Waals surface area contributed by atoms with Crippen LogP contribution in [-0.4, -0.2) is 34.4 Å². The highest BCUT2D eigenvalue weighted by Crippen LogP contribution is 2.41. The molecule has 186 valence electrons. The van der Waals surface area contributed by atoms with Crippen LogP contribution in [0.5, 0.6) is 5.75 Å². The van der Waals surface area contributed by atoms with E-state index in [9.17, 15) is 9.90 Å². The summed E-state index contributed by atoms with van der Waals surface area (Å²) in [4.78, 5) is 17.9. The largest absolute Gasteiger partial charge is 0.506 e. The molecule has 36 heavy (non-hydrogen) atoms. The van der Waals surface area contributed by atoms with Crippen LogP contribution in [0.15, 0.2) is 74.2 Å². The van der Waals surface area contributed by atoms with Gasteiger partial charge in [0.25, 0.3) is 0 Å². The van der Waals surface area contributed by atoms with Gasteiger partial charge in [0.15, 0.2) is 0 Å². The van der Waals surface area contributed by atoms with E-state index >= 15 is 0 Å². The minimum absolute atomic E-state index is 0.0706. The molecule has 6 nitrogen and oxygen atoms in total. The summed E-state index contributed by atoms with van der Waals surface area (Å²) < 4.78 is 13.7. The van der Waals surface area contributed by atoms with E-state index in [-0.39, 0.29) is 17.9 Å². The summed E-state index contributed by atoms with van der Waals surface area (Å²) in [7, 11) is 1.60. The number of methoxy groups -OCH3 is 1. The lowest BCUT2D eigenvalue weighted by molar-refractivity contribution is -0.138. The minimum Gasteiger partial charge on any atom is -0.506 e. The van der Waals surface area contributed by atoms with Crippen molar-refractivity contribution in [2.45, 2.75) is 27.7 Å². The molecule has 2 heterocycles. The molecule has 0 saturated heterocycles.